The third kappa shape index (κ3) is 4.61. The molecule has 0 radical (unpaired) electrons. The molecule has 0 aliphatic carbocycles. The van der Waals surface area contributed by atoms with Crippen molar-refractivity contribution in [3.8, 4) is 0 Å². The maximum Gasteiger partial charge on any atom is 0.262 e. The largest absolute Gasteiger partial charge is 0.361 e. The number of rotatable bonds is 7. The summed E-state index contributed by atoms with van der Waals surface area (Å²) in [5.74, 6) is -0.698. The molecule has 0 saturated carbocycles. The first-order chi connectivity index (χ1) is 14.7. The highest BCUT2D eigenvalue weighted by Crippen LogP contribution is 2.19. The van der Waals surface area contributed by atoms with Crippen LogP contribution < -0.4 is 10.7 Å². The smallest absolute Gasteiger partial charge is 0.262 e. The van der Waals surface area contributed by atoms with Crippen LogP contribution in [0.2, 0.25) is 0 Å². The van der Waals surface area contributed by atoms with Gasteiger partial charge in [0, 0.05) is 29.7 Å². The van der Waals surface area contributed by atoms with Crippen molar-refractivity contribution in [3.63, 3.8) is 0 Å². The molecule has 0 fully saturated rings. The van der Waals surface area contributed by atoms with Gasteiger partial charge in [-0.15, -0.1) is 11.3 Å². The van der Waals surface area contributed by atoms with Crippen LogP contribution >= 0.6 is 11.3 Å². The summed E-state index contributed by atoms with van der Waals surface area (Å²) in [6.07, 6.45) is 5.29. The maximum atomic E-state index is 12.8. The van der Waals surface area contributed by atoms with E-state index in [9.17, 15) is 9.59 Å². The predicted molar refractivity (Wildman–Crippen MR) is 118 cm³/mol. The molecule has 0 bridgehead atoms. The number of fused-ring (bicyclic) bond motifs is 1. The quantitative estimate of drug-likeness (QED) is 0.318. The molecule has 150 valence electrons. The Kier molecular flexibility index (Phi) is 5.95. The molecule has 8 heteroatoms. The van der Waals surface area contributed by atoms with E-state index < -0.39 is 11.9 Å². The lowest BCUT2D eigenvalue weighted by atomic mass is 10.0. The average molecular weight is 417 g/mol. The number of hydrogen-bond donors (Lipinski definition) is 3. The Morgan fingerprint density at radius 3 is 2.80 bits per heavy atom. The Morgan fingerprint density at radius 1 is 1.13 bits per heavy atom. The second kappa shape index (κ2) is 9.15. The topological polar surface area (TPSA) is 99.2 Å². The number of hydrogen-bond acceptors (Lipinski definition) is 5. The molecular formula is C22H19N5O2S. The minimum Gasteiger partial charge on any atom is -0.361 e. The Hall–Kier alpha value is -3.78. The van der Waals surface area contributed by atoms with Crippen LogP contribution in [0.15, 0.2) is 77.5 Å². The second-order valence-corrected chi connectivity index (χ2v) is 7.50. The van der Waals surface area contributed by atoms with E-state index in [1.807, 2.05) is 41.9 Å². The number of aromatic nitrogens is 2. The van der Waals surface area contributed by atoms with E-state index in [-0.39, 0.29) is 5.91 Å². The number of amides is 2. The first kappa shape index (κ1) is 19.5. The monoisotopic (exact) mass is 417 g/mol. The molecule has 3 N–H and O–H groups in total. The zero-order chi connectivity index (χ0) is 20.8. The number of benzene rings is 1. The van der Waals surface area contributed by atoms with E-state index in [2.05, 4.69) is 25.8 Å². The van der Waals surface area contributed by atoms with Crippen LogP contribution in [0.3, 0.4) is 0 Å². The minimum atomic E-state index is -0.792. The first-order valence-electron chi connectivity index (χ1n) is 9.34. The summed E-state index contributed by atoms with van der Waals surface area (Å²) in [4.78, 5) is 33.3. The summed E-state index contributed by atoms with van der Waals surface area (Å²) < 4.78 is 0. The van der Waals surface area contributed by atoms with Crippen LogP contribution in [0.4, 0.5) is 0 Å². The summed E-state index contributed by atoms with van der Waals surface area (Å²) in [7, 11) is 0. The predicted octanol–water partition coefficient (Wildman–Crippen LogP) is 3.12. The number of carbonyl (C=O) groups excluding carboxylic acids is 2. The summed E-state index contributed by atoms with van der Waals surface area (Å²) in [5.41, 5.74) is 5.04. The summed E-state index contributed by atoms with van der Waals surface area (Å²) in [5, 5.41) is 9.64. The molecule has 0 aliphatic heterocycles. The zero-order valence-electron chi connectivity index (χ0n) is 15.9. The average Bonchev–Trinajstić information content (AvgIpc) is 3.45. The van der Waals surface area contributed by atoms with Crippen LogP contribution in [-0.2, 0) is 11.2 Å². The molecule has 30 heavy (non-hydrogen) atoms. The first-order valence-corrected chi connectivity index (χ1v) is 10.2. The van der Waals surface area contributed by atoms with Crippen molar-refractivity contribution < 1.29 is 9.59 Å². The van der Waals surface area contributed by atoms with Crippen molar-refractivity contribution in [1.82, 2.24) is 20.7 Å². The van der Waals surface area contributed by atoms with Gasteiger partial charge in [0.2, 0.25) is 0 Å². The van der Waals surface area contributed by atoms with Crippen LogP contribution in [0.25, 0.3) is 10.9 Å². The summed E-state index contributed by atoms with van der Waals surface area (Å²) in [6.45, 7) is 0. The van der Waals surface area contributed by atoms with Crippen molar-refractivity contribution in [2.24, 2.45) is 5.10 Å². The normalized spacial score (nSPS) is 12.1. The van der Waals surface area contributed by atoms with Crippen LogP contribution in [0.5, 0.6) is 0 Å². The summed E-state index contributed by atoms with van der Waals surface area (Å²) in [6, 6.07) is 16.0. The van der Waals surface area contributed by atoms with Crippen LogP contribution in [0.1, 0.15) is 20.9 Å². The van der Waals surface area contributed by atoms with E-state index in [4.69, 9.17) is 0 Å². The lowest BCUT2D eigenvalue weighted by Crippen LogP contribution is -2.46. The van der Waals surface area contributed by atoms with E-state index >= 15 is 0 Å². The molecule has 0 spiro atoms. The van der Waals surface area contributed by atoms with Gasteiger partial charge >= 0.3 is 0 Å². The van der Waals surface area contributed by atoms with Crippen molar-refractivity contribution in [3.05, 3.63) is 88.5 Å². The molecule has 1 aromatic carbocycles. The highest BCUT2D eigenvalue weighted by atomic mass is 32.1. The van der Waals surface area contributed by atoms with Gasteiger partial charge < -0.3 is 10.3 Å². The van der Waals surface area contributed by atoms with Crippen molar-refractivity contribution in [2.75, 3.05) is 0 Å². The standard InChI is InChI=1S/C22H19N5O2S/c28-21(27-25-14-16-6-3-4-10-23-16)19(26-22(29)20-9-5-11-30-20)12-15-13-24-18-8-2-1-7-17(15)18/h1-11,13-14,19,24H,12H2,(H,26,29)(H,27,28)/b25-14-/t19-/m0/s1. The van der Waals surface area contributed by atoms with E-state index in [0.717, 1.165) is 16.5 Å². The maximum absolute atomic E-state index is 12.8. The zero-order valence-corrected chi connectivity index (χ0v) is 16.7. The number of hydrazone groups is 1. The van der Waals surface area contributed by atoms with Gasteiger partial charge in [0.1, 0.15) is 6.04 Å². The molecule has 3 aromatic heterocycles. The third-order valence-electron chi connectivity index (χ3n) is 4.53. The molecule has 4 rings (SSSR count). The third-order valence-corrected chi connectivity index (χ3v) is 5.39. The SMILES string of the molecule is O=C(N[C@@H](Cc1c[nH]c2ccccc12)C(=O)N/N=C\c1ccccn1)c1cccs1. The highest BCUT2D eigenvalue weighted by Gasteiger charge is 2.23. The molecule has 3 heterocycles. The van der Waals surface area contributed by atoms with Gasteiger partial charge in [-0.1, -0.05) is 30.3 Å². The van der Waals surface area contributed by atoms with Crippen molar-refractivity contribution in [1.29, 1.82) is 0 Å². The van der Waals surface area contributed by atoms with Crippen molar-refractivity contribution >= 4 is 40.3 Å². The lowest BCUT2D eigenvalue weighted by Gasteiger charge is -2.16. The van der Waals surface area contributed by atoms with Gasteiger partial charge in [-0.3, -0.25) is 14.6 Å². The molecule has 0 saturated heterocycles. The van der Waals surface area contributed by atoms with Gasteiger partial charge in [0.05, 0.1) is 16.8 Å². The van der Waals surface area contributed by atoms with Gasteiger partial charge in [-0.25, -0.2) is 5.43 Å². The fraction of sp³-hybridized carbons (Fsp3) is 0.0909. The molecule has 0 aliphatic rings. The number of H-pyrrole nitrogens is 1. The number of nitrogens with zero attached hydrogens (tertiary/aromatic N) is 2. The van der Waals surface area contributed by atoms with Gasteiger partial charge in [0.25, 0.3) is 11.8 Å². The molecule has 0 unspecified atom stereocenters. The Labute approximate surface area is 176 Å². The molecule has 4 aromatic rings. The van der Waals surface area contributed by atoms with Crippen molar-refractivity contribution in [2.45, 2.75) is 12.5 Å². The van der Waals surface area contributed by atoms with E-state index in [1.54, 1.807) is 30.5 Å². The number of carbonyl (C=O) groups is 2. The Bertz CT molecular complexity index is 1170. The fourth-order valence-electron chi connectivity index (χ4n) is 3.06. The van der Waals surface area contributed by atoms with Gasteiger partial charge in [-0.05, 0) is 35.2 Å². The molecule has 2 amide bonds. The minimum absolute atomic E-state index is 0.293. The highest BCUT2D eigenvalue weighted by molar-refractivity contribution is 7.12. The van der Waals surface area contributed by atoms with Gasteiger partial charge in [-0.2, -0.15) is 5.10 Å². The van der Waals surface area contributed by atoms with Gasteiger partial charge in [0.15, 0.2) is 0 Å². The molecule has 1 atom stereocenters. The number of nitrogens with one attached hydrogen (secondary N) is 3. The van der Waals surface area contributed by atoms with E-state index in [0.29, 0.717) is 17.0 Å². The Balaban J connectivity index is 1.52. The number of pyridine rings is 1. The van der Waals surface area contributed by atoms with E-state index in [1.165, 1.54) is 17.6 Å². The molecule has 7 nitrogen and oxygen atoms in total. The van der Waals surface area contributed by atoms with Crippen LogP contribution in [-0.4, -0.2) is 34.0 Å². The number of thiophene rings is 1. The summed E-state index contributed by atoms with van der Waals surface area (Å²) >= 11 is 1.32. The molecular weight excluding hydrogens is 398 g/mol. The number of aromatic amines is 1. The second-order valence-electron chi connectivity index (χ2n) is 6.56. The Morgan fingerprint density at radius 2 is 2.00 bits per heavy atom. The van der Waals surface area contributed by atoms with Crippen LogP contribution in [0, 0.1) is 0 Å². The fourth-order valence-corrected chi connectivity index (χ4v) is 3.69. The lowest BCUT2D eigenvalue weighted by molar-refractivity contribution is -0.122. The number of para-hydroxylation sites is 1.